The van der Waals surface area contributed by atoms with Crippen LogP contribution in [-0.4, -0.2) is 37.7 Å². The summed E-state index contributed by atoms with van der Waals surface area (Å²) in [5.41, 5.74) is 0.919. The van der Waals surface area contributed by atoms with Crippen molar-refractivity contribution in [1.29, 1.82) is 0 Å². The highest BCUT2D eigenvalue weighted by molar-refractivity contribution is 5.39. The minimum absolute atomic E-state index is 0.150. The number of hydrogen-bond donors (Lipinski definition) is 1. The fourth-order valence-electron chi connectivity index (χ4n) is 3.19. The van der Waals surface area contributed by atoms with Crippen molar-refractivity contribution < 1.29 is 9.13 Å². The van der Waals surface area contributed by atoms with E-state index >= 15 is 0 Å². The number of halogens is 1. The average molecular weight is 250 g/mol. The van der Waals surface area contributed by atoms with E-state index in [2.05, 4.69) is 17.3 Å². The molecule has 2 unspecified atom stereocenters. The van der Waals surface area contributed by atoms with Crippen LogP contribution in [0.1, 0.15) is 24.4 Å². The molecule has 98 valence electrons. The van der Waals surface area contributed by atoms with Gasteiger partial charge in [0.2, 0.25) is 0 Å². The van der Waals surface area contributed by atoms with Gasteiger partial charge in [0.05, 0.1) is 0 Å². The van der Waals surface area contributed by atoms with E-state index in [0.717, 1.165) is 31.5 Å². The van der Waals surface area contributed by atoms with Gasteiger partial charge in [-0.05, 0) is 20.2 Å². The highest BCUT2D eigenvalue weighted by Crippen LogP contribution is 2.43. The van der Waals surface area contributed by atoms with Crippen LogP contribution in [0, 0.1) is 5.82 Å². The van der Waals surface area contributed by atoms with Gasteiger partial charge in [0.1, 0.15) is 17.2 Å². The summed E-state index contributed by atoms with van der Waals surface area (Å²) in [6.45, 7) is 1.96. The molecule has 1 spiro atoms. The third-order valence-electron chi connectivity index (χ3n) is 4.11. The van der Waals surface area contributed by atoms with Crippen molar-refractivity contribution >= 4 is 0 Å². The van der Waals surface area contributed by atoms with Crippen LogP contribution in [0.3, 0.4) is 0 Å². The largest absolute Gasteiger partial charge is 0.485 e. The molecular formula is C14H19FN2O. The summed E-state index contributed by atoms with van der Waals surface area (Å²) in [6, 6.07) is 5.10. The van der Waals surface area contributed by atoms with Crippen LogP contribution in [0.15, 0.2) is 18.2 Å². The summed E-state index contributed by atoms with van der Waals surface area (Å²) >= 11 is 0. The summed E-state index contributed by atoms with van der Waals surface area (Å²) in [7, 11) is 4.06. The van der Waals surface area contributed by atoms with Crippen LogP contribution in [0.5, 0.6) is 5.75 Å². The molecule has 1 aromatic carbocycles. The van der Waals surface area contributed by atoms with Gasteiger partial charge in [-0.3, -0.25) is 0 Å². The Bertz CT molecular complexity index is 465. The Balaban J connectivity index is 1.98. The molecule has 0 radical (unpaired) electrons. The molecule has 1 saturated heterocycles. The zero-order valence-electron chi connectivity index (χ0n) is 10.9. The first-order valence-electron chi connectivity index (χ1n) is 6.46. The number of hydrogen-bond acceptors (Lipinski definition) is 3. The molecule has 18 heavy (non-hydrogen) atoms. The first kappa shape index (κ1) is 11.9. The molecule has 2 heterocycles. The van der Waals surface area contributed by atoms with Crippen molar-refractivity contribution in [2.24, 2.45) is 0 Å². The molecule has 2 aliphatic heterocycles. The normalized spacial score (nSPS) is 31.4. The van der Waals surface area contributed by atoms with Crippen LogP contribution in [0.4, 0.5) is 4.39 Å². The van der Waals surface area contributed by atoms with Gasteiger partial charge in [0.25, 0.3) is 0 Å². The molecule has 0 saturated carbocycles. The Hall–Kier alpha value is -1.13. The molecule has 0 bridgehead atoms. The van der Waals surface area contributed by atoms with Gasteiger partial charge in [-0.15, -0.1) is 0 Å². The van der Waals surface area contributed by atoms with Gasteiger partial charge in [0, 0.05) is 43.6 Å². The fourth-order valence-corrected chi connectivity index (χ4v) is 3.19. The molecular weight excluding hydrogens is 231 g/mol. The third kappa shape index (κ3) is 1.89. The lowest BCUT2D eigenvalue weighted by molar-refractivity contribution is 0.0416. The lowest BCUT2D eigenvalue weighted by Gasteiger charge is -2.39. The van der Waals surface area contributed by atoms with E-state index in [1.54, 1.807) is 0 Å². The molecule has 4 heteroatoms. The quantitative estimate of drug-likeness (QED) is 0.824. The lowest BCUT2D eigenvalue weighted by atomic mass is 9.86. The summed E-state index contributed by atoms with van der Waals surface area (Å²) in [6.07, 6.45) is 1.96. The predicted molar refractivity (Wildman–Crippen MR) is 68.3 cm³/mol. The molecule has 3 rings (SSSR count). The van der Waals surface area contributed by atoms with Crippen molar-refractivity contribution in [3.8, 4) is 5.75 Å². The van der Waals surface area contributed by atoms with E-state index in [0.29, 0.717) is 5.75 Å². The first-order valence-corrected chi connectivity index (χ1v) is 6.46. The summed E-state index contributed by atoms with van der Waals surface area (Å²) in [4.78, 5) is 2.27. The summed E-state index contributed by atoms with van der Waals surface area (Å²) in [5, 5.41) is 3.32. The second kappa shape index (κ2) is 4.21. The van der Waals surface area contributed by atoms with Gasteiger partial charge in [-0.25, -0.2) is 4.39 Å². The Morgan fingerprint density at radius 2 is 2.33 bits per heavy atom. The molecule has 2 atom stereocenters. The average Bonchev–Trinajstić information content (AvgIpc) is 2.68. The maximum absolute atomic E-state index is 13.4. The fraction of sp³-hybridized carbons (Fsp3) is 0.571. The highest BCUT2D eigenvalue weighted by atomic mass is 19.1. The van der Waals surface area contributed by atoms with E-state index in [1.807, 2.05) is 13.1 Å². The highest BCUT2D eigenvalue weighted by Gasteiger charge is 2.44. The number of fused-ring (bicyclic) bond motifs is 1. The minimum atomic E-state index is -0.230. The number of nitrogens with zero attached hydrogens (tertiary/aromatic N) is 1. The van der Waals surface area contributed by atoms with Gasteiger partial charge in [-0.2, -0.15) is 0 Å². The minimum Gasteiger partial charge on any atom is -0.485 e. The SMILES string of the molecule is CNC1CC2(CCN(C)C2)Oc2cc(F)ccc21. The first-order chi connectivity index (χ1) is 8.62. The second-order valence-corrected chi connectivity index (χ2v) is 5.50. The van der Waals surface area contributed by atoms with Crippen LogP contribution >= 0.6 is 0 Å². The second-order valence-electron chi connectivity index (χ2n) is 5.50. The Morgan fingerprint density at radius 3 is 3.00 bits per heavy atom. The monoisotopic (exact) mass is 250 g/mol. The Labute approximate surface area is 107 Å². The number of nitrogens with one attached hydrogen (secondary N) is 1. The lowest BCUT2D eigenvalue weighted by Crippen LogP contribution is -2.45. The third-order valence-corrected chi connectivity index (χ3v) is 4.11. The molecule has 1 N–H and O–H groups in total. The molecule has 1 aromatic rings. The maximum atomic E-state index is 13.4. The molecule has 0 amide bonds. The zero-order valence-corrected chi connectivity index (χ0v) is 10.9. The van der Waals surface area contributed by atoms with Crippen molar-refractivity contribution in [2.45, 2.75) is 24.5 Å². The van der Waals surface area contributed by atoms with Gasteiger partial charge >= 0.3 is 0 Å². The van der Waals surface area contributed by atoms with E-state index in [4.69, 9.17) is 4.74 Å². The molecule has 2 aliphatic rings. The van der Waals surface area contributed by atoms with Crippen LogP contribution < -0.4 is 10.1 Å². The topological polar surface area (TPSA) is 24.5 Å². The van der Waals surface area contributed by atoms with E-state index < -0.39 is 0 Å². The molecule has 3 nitrogen and oxygen atoms in total. The Kier molecular flexibility index (Phi) is 2.79. The predicted octanol–water partition coefficient (Wildman–Crippen LogP) is 1.94. The standard InChI is InChI=1S/C14H19FN2O/c1-16-12-8-14(5-6-17(2)9-14)18-13-7-10(15)3-4-11(12)13/h3-4,7,12,16H,5-6,8-9H2,1-2H3. The van der Waals surface area contributed by atoms with Gasteiger partial charge < -0.3 is 15.0 Å². The molecule has 0 aliphatic carbocycles. The van der Waals surface area contributed by atoms with E-state index in [9.17, 15) is 4.39 Å². The van der Waals surface area contributed by atoms with Crippen molar-refractivity contribution in [1.82, 2.24) is 10.2 Å². The number of benzene rings is 1. The summed E-state index contributed by atoms with van der Waals surface area (Å²) < 4.78 is 19.5. The molecule has 0 aromatic heterocycles. The van der Waals surface area contributed by atoms with Crippen molar-refractivity contribution in [3.05, 3.63) is 29.6 Å². The van der Waals surface area contributed by atoms with Crippen LogP contribution in [-0.2, 0) is 0 Å². The Morgan fingerprint density at radius 1 is 1.50 bits per heavy atom. The number of ether oxygens (including phenoxy) is 1. The maximum Gasteiger partial charge on any atom is 0.127 e. The number of likely N-dealkylation sites (tertiary alicyclic amines) is 1. The number of likely N-dealkylation sites (N-methyl/N-ethyl adjacent to an activating group) is 1. The zero-order chi connectivity index (χ0) is 12.8. The van der Waals surface area contributed by atoms with Gasteiger partial charge in [0.15, 0.2) is 0 Å². The van der Waals surface area contributed by atoms with Crippen molar-refractivity contribution in [2.75, 3.05) is 27.2 Å². The summed E-state index contributed by atoms with van der Waals surface area (Å²) in [5.74, 6) is 0.475. The smallest absolute Gasteiger partial charge is 0.127 e. The van der Waals surface area contributed by atoms with Crippen LogP contribution in [0.2, 0.25) is 0 Å². The number of rotatable bonds is 1. The van der Waals surface area contributed by atoms with Crippen LogP contribution in [0.25, 0.3) is 0 Å². The molecule has 1 fully saturated rings. The van der Waals surface area contributed by atoms with E-state index in [1.165, 1.54) is 12.1 Å². The van der Waals surface area contributed by atoms with E-state index in [-0.39, 0.29) is 17.5 Å². The van der Waals surface area contributed by atoms with Gasteiger partial charge in [-0.1, -0.05) is 6.07 Å². The van der Waals surface area contributed by atoms with Crippen molar-refractivity contribution in [3.63, 3.8) is 0 Å².